The number of rotatable bonds is 8. The Kier molecular flexibility index (Phi) is 7.98. The van der Waals surface area contributed by atoms with Crippen molar-refractivity contribution in [3.05, 3.63) is 83.4 Å². The molecule has 5 nitrogen and oxygen atoms in total. The Morgan fingerprint density at radius 1 is 0.923 bits per heavy atom. The molecular weight excluding hydrogens is 527 g/mol. The third-order valence-corrected chi connectivity index (χ3v) is 8.46. The van der Waals surface area contributed by atoms with Crippen LogP contribution in [0.4, 0.5) is 13.2 Å². The van der Waals surface area contributed by atoms with Crippen LogP contribution < -0.4 is 14.2 Å². The maximum atomic E-state index is 13.4. The van der Waals surface area contributed by atoms with Gasteiger partial charge in [0.05, 0.1) is 24.7 Å². The average Bonchev–Trinajstić information content (AvgIpc) is 3.21. The summed E-state index contributed by atoms with van der Waals surface area (Å²) in [5.74, 6) is 2.46. The summed E-state index contributed by atoms with van der Waals surface area (Å²) >= 11 is 1.63. The van der Waals surface area contributed by atoms with E-state index in [1.165, 1.54) is 6.07 Å². The molecule has 2 saturated heterocycles. The van der Waals surface area contributed by atoms with Gasteiger partial charge < -0.3 is 19.1 Å². The molecule has 3 aromatic rings. The van der Waals surface area contributed by atoms with Crippen LogP contribution in [0.3, 0.4) is 0 Å². The number of hydrogen-bond acceptors (Lipinski definition) is 5. The molecule has 2 heterocycles. The predicted molar refractivity (Wildman–Crippen MR) is 144 cm³/mol. The Bertz CT molecular complexity index is 1300. The Balaban J connectivity index is 1.20. The van der Waals surface area contributed by atoms with Gasteiger partial charge in [0.2, 0.25) is 0 Å². The van der Waals surface area contributed by atoms with Gasteiger partial charge in [-0.3, -0.25) is 4.79 Å². The summed E-state index contributed by atoms with van der Waals surface area (Å²) in [6.07, 6.45) is -1.68. The van der Waals surface area contributed by atoms with Crippen molar-refractivity contribution in [2.45, 2.75) is 60.7 Å². The number of fused-ring (bicyclic) bond motifs is 2. The molecule has 2 bridgehead atoms. The summed E-state index contributed by atoms with van der Waals surface area (Å²) in [5.41, 5.74) is 0.995. The van der Waals surface area contributed by atoms with E-state index in [0.29, 0.717) is 24.2 Å². The van der Waals surface area contributed by atoms with Crippen LogP contribution in [0.15, 0.2) is 71.6 Å². The number of carbonyl (C=O) groups excluding carboxylic acids is 1. The van der Waals surface area contributed by atoms with E-state index in [9.17, 15) is 18.0 Å². The lowest BCUT2D eigenvalue weighted by molar-refractivity contribution is -0.137. The maximum Gasteiger partial charge on any atom is 0.416 e. The minimum atomic E-state index is -4.41. The normalized spacial score (nSPS) is 20.5. The van der Waals surface area contributed by atoms with Crippen molar-refractivity contribution in [1.29, 1.82) is 0 Å². The summed E-state index contributed by atoms with van der Waals surface area (Å²) < 4.78 is 56.0. The third kappa shape index (κ3) is 6.13. The van der Waals surface area contributed by atoms with Crippen molar-refractivity contribution in [2.75, 3.05) is 14.2 Å². The highest BCUT2D eigenvalue weighted by atomic mass is 32.2. The van der Waals surface area contributed by atoms with E-state index in [4.69, 9.17) is 14.2 Å². The SMILES string of the molecule is COc1ccc(OC)c(SCc2ccc(C(=O)N3C4CCC3CC(Oc3cccc(C(F)(F)F)c3)C4)cc2)c1. The highest BCUT2D eigenvalue weighted by Gasteiger charge is 2.44. The molecule has 0 aromatic heterocycles. The number of amides is 1. The maximum absolute atomic E-state index is 13.4. The second-order valence-electron chi connectivity index (χ2n) is 9.84. The summed E-state index contributed by atoms with van der Waals surface area (Å²) in [5, 5.41) is 0. The van der Waals surface area contributed by atoms with E-state index in [0.717, 1.165) is 46.9 Å². The van der Waals surface area contributed by atoms with Gasteiger partial charge in [0.25, 0.3) is 5.91 Å². The molecule has 3 aromatic carbocycles. The smallest absolute Gasteiger partial charge is 0.416 e. The summed E-state index contributed by atoms with van der Waals surface area (Å²) in [4.78, 5) is 16.4. The lowest BCUT2D eigenvalue weighted by atomic mass is 9.98. The van der Waals surface area contributed by atoms with Gasteiger partial charge in [0, 0.05) is 36.2 Å². The number of hydrogen-bond donors (Lipinski definition) is 0. The first-order chi connectivity index (χ1) is 18.7. The number of methoxy groups -OCH3 is 2. The first-order valence-electron chi connectivity index (χ1n) is 12.9. The molecule has 39 heavy (non-hydrogen) atoms. The minimum Gasteiger partial charge on any atom is -0.497 e. The van der Waals surface area contributed by atoms with Gasteiger partial charge in [-0.2, -0.15) is 13.2 Å². The molecule has 0 spiro atoms. The molecule has 0 aliphatic carbocycles. The van der Waals surface area contributed by atoms with Gasteiger partial charge in [-0.15, -0.1) is 11.8 Å². The monoisotopic (exact) mass is 557 g/mol. The van der Waals surface area contributed by atoms with Crippen molar-refractivity contribution in [2.24, 2.45) is 0 Å². The second-order valence-corrected chi connectivity index (χ2v) is 10.9. The molecule has 9 heteroatoms. The van der Waals surface area contributed by atoms with Crippen molar-refractivity contribution in [3.63, 3.8) is 0 Å². The van der Waals surface area contributed by atoms with E-state index >= 15 is 0 Å². The number of halogens is 3. The molecule has 2 aliphatic heterocycles. The van der Waals surface area contributed by atoms with Crippen molar-refractivity contribution in [3.8, 4) is 17.2 Å². The predicted octanol–water partition coefficient (Wildman–Crippen LogP) is 7.23. The number of alkyl halides is 3. The molecule has 5 rings (SSSR count). The fourth-order valence-corrected chi connectivity index (χ4v) is 6.45. The topological polar surface area (TPSA) is 48.0 Å². The largest absolute Gasteiger partial charge is 0.497 e. The molecule has 2 aliphatic rings. The second kappa shape index (κ2) is 11.4. The molecule has 0 N–H and O–H groups in total. The first kappa shape index (κ1) is 27.2. The fraction of sp³-hybridized carbons (Fsp3) is 0.367. The van der Waals surface area contributed by atoms with Crippen molar-refractivity contribution < 1.29 is 32.2 Å². The molecule has 1 amide bonds. The molecule has 206 valence electrons. The zero-order valence-corrected chi connectivity index (χ0v) is 22.6. The minimum absolute atomic E-state index is 0.00585. The molecule has 2 unspecified atom stereocenters. The molecule has 2 fully saturated rings. The number of piperidine rings is 1. The van der Waals surface area contributed by atoms with E-state index < -0.39 is 11.7 Å². The van der Waals surface area contributed by atoms with Gasteiger partial charge in [-0.25, -0.2) is 0 Å². The standard InChI is InChI=1S/C30H30F3NO4S/c1-36-24-12-13-27(37-2)28(17-24)39-18-19-6-8-20(9-7-19)29(35)34-22-10-11-23(34)16-26(15-22)38-25-5-3-4-21(14-25)30(31,32)33/h3-9,12-14,17,22-23,26H,10-11,15-16,18H2,1-2H3. The Labute approximate surface area is 230 Å². The fourth-order valence-electron chi connectivity index (χ4n) is 5.44. The number of carbonyl (C=O) groups is 1. The van der Waals surface area contributed by atoms with Crippen LogP contribution in [0, 0.1) is 0 Å². The van der Waals surface area contributed by atoms with E-state index in [2.05, 4.69) is 0 Å². The van der Waals surface area contributed by atoms with E-state index in [1.54, 1.807) is 32.0 Å². The summed E-state index contributed by atoms with van der Waals surface area (Å²) in [6.45, 7) is 0. The van der Waals surface area contributed by atoms with Crippen LogP contribution in [0.25, 0.3) is 0 Å². The van der Waals surface area contributed by atoms with Gasteiger partial charge in [0.1, 0.15) is 23.4 Å². The van der Waals surface area contributed by atoms with Crippen LogP contribution in [-0.4, -0.2) is 43.2 Å². The van der Waals surface area contributed by atoms with Crippen LogP contribution in [-0.2, 0) is 11.9 Å². The molecule has 0 radical (unpaired) electrons. The Hall–Kier alpha value is -3.33. The van der Waals surface area contributed by atoms with Crippen LogP contribution in [0.2, 0.25) is 0 Å². The summed E-state index contributed by atoms with van der Waals surface area (Å²) in [6, 6.07) is 18.4. The number of thioether (sulfide) groups is 1. The molecule has 0 saturated carbocycles. The first-order valence-corrected chi connectivity index (χ1v) is 13.8. The van der Waals surface area contributed by atoms with Crippen molar-refractivity contribution in [1.82, 2.24) is 4.90 Å². The van der Waals surface area contributed by atoms with Gasteiger partial charge in [-0.1, -0.05) is 18.2 Å². The zero-order chi connectivity index (χ0) is 27.6. The van der Waals surface area contributed by atoms with Gasteiger partial charge >= 0.3 is 6.18 Å². The lowest BCUT2D eigenvalue weighted by Gasteiger charge is -2.39. The van der Waals surface area contributed by atoms with Crippen LogP contribution >= 0.6 is 11.8 Å². The molecular formula is C30H30F3NO4S. The number of benzene rings is 3. The van der Waals surface area contributed by atoms with Gasteiger partial charge in [-0.05, 0) is 66.9 Å². The quantitative estimate of drug-likeness (QED) is 0.274. The third-order valence-electron chi connectivity index (χ3n) is 7.35. The van der Waals surface area contributed by atoms with E-state index in [-0.39, 0.29) is 29.8 Å². The Morgan fingerprint density at radius 3 is 2.28 bits per heavy atom. The Morgan fingerprint density at radius 2 is 1.64 bits per heavy atom. The number of nitrogens with zero attached hydrogens (tertiary/aromatic N) is 1. The van der Waals surface area contributed by atoms with Crippen LogP contribution in [0.1, 0.15) is 47.2 Å². The highest BCUT2D eigenvalue weighted by molar-refractivity contribution is 7.98. The summed E-state index contributed by atoms with van der Waals surface area (Å²) in [7, 11) is 3.27. The highest BCUT2D eigenvalue weighted by Crippen LogP contribution is 2.39. The van der Waals surface area contributed by atoms with Crippen molar-refractivity contribution >= 4 is 17.7 Å². The average molecular weight is 558 g/mol. The van der Waals surface area contributed by atoms with E-state index in [1.807, 2.05) is 47.4 Å². The van der Waals surface area contributed by atoms with Crippen LogP contribution in [0.5, 0.6) is 17.2 Å². The zero-order valence-electron chi connectivity index (χ0n) is 21.7. The number of ether oxygens (including phenoxy) is 3. The van der Waals surface area contributed by atoms with Gasteiger partial charge in [0.15, 0.2) is 0 Å². The lowest BCUT2D eigenvalue weighted by Crippen LogP contribution is -2.49. The molecule has 2 atom stereocenters.